The van der Waals surface area contributed by atoms with Crippen LogP contribution < -0.4 is 11.0 Å². The van der Waals surface area contributed by atoms with Gasteiger partial charge >= 0.3 is 7.12 Å². The van der Waals surface area contributed by atoms with Crippen LogP contribution in [0.25, 0.3) is 0 Å². The van der Waals surface area contributed by atoms with Gasteiger partial charge in [0.25, 0.3) is 5.56 Å². The molecule has 3 rings (SSSR count). The lowest BCUT2D eigenvalue weighted by atomic mass is 9.75. The summed E-state index contributed by atoms with van der Waals surface area (Å²) in [6.45, 7) is 7.86. The molecule has 2 aliphatic rings. The SMILES string of the molecule is CC1(C)OB(c2cc[nH]c(=O)c2C2(O)CC2)OC1(C)C. The van der Waals surface area contributed by atoms with E-state index >= 15 is 0 Å². The molecule has 0 amide bonds. The van der Waals surface area contributed by atoms with Crippen LogP contribution >= 0.6 is 0 Å². The molecule has 0 bridgehead atoms. The molecule has 1 aromatic heterocycles. The van der Waals surface area contributed by atoms with Crippen molar-refractivity contribution in [2.24, 2.45) is 0 Å². The minimum Gasteiger partial charge on any atom is -0.399 e. The van der Waals surface area contributed by atoms with Crippen molar-refractivity contribution in [2.45, 2.75) is 57.3 Å². The minimum absolute atomic E-state index is 0.266. The number of aliphatic hydroxyl groups is 1. The topological polar surface area (TPSA) is 71.6 Å². The first kappa shape index (κ1) is 13.9. The Kier molecular flexibility index (Phi) is 2.75. The maximum atomic E-state index is 12.1. The molecule has 1 aliphatic heterocycles. The average Bonchev–Trinajstić information content (AvgIpc) is 3.00. The second kappa shape index (κ2) is 3.96. The van der Waals surface area contributed by atoms with E-state index in [1.54, 1.807) is 12.3 Å². The van der Waals surface area contributed by atoms with Crippen LogP contribution in [0, 0.1) is 0 Å². The highest BCUT2D eigenvalue weighted by molar-refractivity contribution is 6.62. The third-order valence-corrected chi connectivity index (χ3v) is 4.69. The number of aromatic nitrogens is 1. The Balaban J connectivity index is 2.05. The Morgan fingerprint density at radius 1 is 1.20 bits per heavy atom. The Bertz CT molecular complexity index is 587. The van der Waals surface area contributed by atoms with E-state index in [0.717, 1.165) is 0 Å². The molecule has 2 fully saturated rings. The average molecular weight is 277 g/mol. The Labute approximate surface area is 118 Å². The lowest BCUT2D eigenvalue weighted by Gasteiger charge is -2.32. The van der Waals surface area contributed by atoms with E-state index in [9.17, 15) is 9.90 Å². The molecule has 20 heavy (non-hydrogen) atoms. The summed E-state index contributed by atoms with van der Waals surface area (Å²) >= 11 is 0. The smallest absolute Gasteiger partial charge is 0.399 e. The van der Waals surface area contributed by atoms with E-state index in [0.29, 0.717) is 23.9 Å². The molecule has 6 heteroatoms. The van der Waals surface area contributed by atoms with Crippen molar-refractivity contribution in [1.29, 1.82) is 0 Å². The van der Waals surface area contributed by atoms with Crippen LogP contribution in [-0.4, -0.2) is 28.4 Å². The van der Waals surface area contributed by atoms with Gasteiger partial charge in [-0.15, -0.1) is 0 Å². The first-order chi connectivity index (χ1) is 9.16. The first-order valence-corrected chi connectivity index (χ1v) is 6.96. The lowest BCUT2D eigenvalue weighted by molar-refractivity contribution is 0.00578. The third-order valence-electron chi connectivity index (χ3n) is 4.69. The Morgan fingerprint density at radius 3 is 2.25 bits per heavy atom. The van der Waals surface area contributed by atoms with Crippen LogP contribution in [0.5, 0.6) is 0 Å². The number of aromatic amines is 1. The van der Waals surface area contributed by atoms with Crippen LogP contribution in [0.3, 0.4) is 0 Å². The van der Waals surface area contributed by atoms with Crippen molar-refractivity contribution in [3.8, 4) is 0 Å². The van der Waals surface area contributed by atoms with Gasteiger partial charge in [-0.25, -0.2) is 0 Å². The van der Waals surface area contributed by atoms with Gasteiger partial charge in [0.1, 0.15) is 0 Å². The molecule has 0 aromatic carbocycles. The number of hydrogen-bond acceptors (Lipinski definition) is 4. The maximum Gasteiger partial charge on any atom is 0.495 e. The normalized spacial score (nSPS) is 25.8. The molecule has 1 saturated heterocycles. The molecule has 0 radical (unpaired) electrons. The molecule has 1 aromatic rings. The van der Waals surface area contributed by atoms with Crippen molar-refractivity contribution in [3.63, 3.8) is 0 Å². The zero-order valence-electron chi connectivity index (χ0n) is 12.3. The number of nitrogens with one attached hydrogen (secondary N) is 1. The number of pyridine rings is 1. The summed E-state index contributed by atoms with van der Waals surface area (Å²) in [4.78, 5) is 14.7. The number of hydrogen-bond donors (Lipinski definition) is 2. The van der Waals surface area contributed by atoms with E-state index < -0.39 is 23.9 Å². The Morgan fingerprint density at radius 2 is 1.75 bits per heavy atom. The molecule has 0 spiro atoms. The van der Waals surface area contributed by atoms with E-state index in [2.05, 4.69) is 4.98 Å². The van der Waals surface area contributed by atoms with Gasteiger partial charge in [-0.1, -0.05) is 0 Å². The van der Waals surface area contributed by atoms with Gasteiger partial charge in [0.05, 0.1) is 16.8 Å². The monoisotopic (exact) mass is 277 g/mol. The van der Waals surface area contributed by atoms with Gasteiger partial charge in [0.2, 0.25) is 0 Å². The molecule has 2 N–H and O–H groups in total. The second-order valence-corrected chi connectivity index (χ2v) is 6.76. The predicted molar refractivity (Wildman–Crippen MR) is 75.9 cm³/mol. The van der Waals surface area contributed by atoms with Crippen molar-refractivity contribution < 1.29 is 14.4 Å². The largest absolute Gasteiger partial charge is 0.495 e. The summed E-state index contributed by atoms with van der Waals surface area (Å²) in [6.07, 6.45) is 2.77. The molecule has 5 nitrogen and oxygen atoms in total. The molecular weight excluding hydrogens is 257 g/mol. The van der Waals surface area contributed by atoms with E-state index in [4.69, 9.17) is 9.31 Å². The molecule has 0 unspecified atom stereocenters. The zero-order chi connectivity index (χ0) is 14.8. The highest BCUT2D eigenvalue weighted by atomic mass is 16.7. The van der Waals surface area contributed by atoms with Gasteiger partial charge in [0.15, 0.2) is 0 Å². The summed E-state index contributed by atoms with van der Waals surface area (Å²) < 4.78 is 12.0. The van der Waals surface area contributed by atoms with Gasteiger partial charge < -0.3 is 19.4 Å². The standard InChI is InChI=1S/C14H20BNO4/c1-12(2)13(3,4)20-15(19-12)9-5-8-16-11(17)10(9)14(18)6-7-14/h5,8,18H,6-7H2,1-4H3,(H,16,17). The quantitative estimate of drug-likeness (QED) is 0.779. The lowest BCUT2D eigenvalue weighted by Crippen LogP contribution is -2.43. The third kappa shape index (κ3) is 1.94. The van der Waals surface area contributed by atoms with Crippen molar-refractivity contribution in [3.05, 3.63) is 28.2 Å². The zero-order valence-corrected chi connectivity index (χ0v) is 12.3. The molecule has 2 heterocycles. The van der Waals surface area contributed by atoms with Gasteiger partial charge in [0, 0.05) is 11.8 Å². The van der Waals surface area contributed by atoms with Crippen molar-refractivity contribution in [2.75, 3.05) is 0 Å². The van der Waals surface area contributed by atoms with Crippen LogP contribution in [0.4, 0.5) is 0 Å². The van der Waals surface area contributed by atoms with Gasteiger partial charge in [-0.3, -0.25) is 4.79 Å². The van der Waals surface area contributed by atoms with Crippen LogP contribution in [0.1, 0.15) is 46.1 Å². The first-order valence-electron chi connectivity index (χ1n) is 6.96. The molecule has 1 saturated carbocycles. The van der Waals surface area contributed by atoms with Crippen LogP contribution in [0.2, 0.25) is 0 Å². The fourth-order valence-electron chi connectivity index (χ4n) is 2.51. The van der Waals surface area contributed by atoms with E-state index in [1.165, 1.54) is 0 Å². The van der Waals surface area contributed by atoms with Gasteiger partial charge in [-0.05, 0) is 52.1 Å². The summed E-state index contributed by atoms with van der Waals surface area (Å²) in [7, 11) is -0.623. The van der Waals surface area contributed by atoms with Gasteiger partial charge in [-0.2, -0.15) is 0 Å². The minimum atomic E-state index is -1.02. The predicted octanol–water partition coefficient (Wildman–Crippen LogP) is 0.655. The highest BCUT2D eigenvalue weighted by Gasteiger charge is 2.55. The Hall–Kier alpha value is -1.11. The van der Waals surface area contributed by atoms with Crippen LogP contribution in [0.15, 0.2) is 17.1 Å². The summed E-state index contributed by atoms with van der Waals surface area (Å²) in [5.74, 6) is 0. The summed E-state index contributed by atoms with van der Waals surface area (Å²) in [5.41, 5.74) is -1.20. The van der Waals surface area contributed by atoms with E-state index in [1.807, 2.05) is 27.7 Å². The fraction of sp³-hybridized carbons (Fsp3) is 0.643. The summed E-state index contributed by atoms with van der Waals surface area (Å²) in [6, 6.07) is 1.76. The summed E-state index contributed by atoms with van der Waals surface area (Å²) in [5, 5.41) is 10.4. The molecule has 108 valence electrons. The molecule has 0 atom stereocenters. The number of rotatable bonds is 2. The fourth-order valence-corrected chi connectivity index (χ4v) is 2.51. The van der Waals surface area contributed by atoms with Crippen molar-refractivity contribution >= 4 is 12.6 Å². The molecular formula is C14H20BNO4. The van der Waals surface area contributed by atoms with E-state index in [-0.39, 0.29) is 5.56 Å². The highest BCUT2D eigenvalue weighted by Crippen LogP contribution is 2.44. The van der Waals surface area contributed by atoms with Crippen molar-refractivity contribution in [1.82, 2.24) is 4.98 Å². The molecule has 1 aliphatic carbocycles. The second-order valence-electron chi connectivity index (χ2n) is 6.76. The number of H-pyrrole nitrogens is 1. The maximum absolute atomic E-state index is 12.1. The van der Waals surface area contributed by atoms with Crippen LogP contribution in [-0.2, 0) is 14.9 Å².